The number of amides is 2. The van der Waals surface area contributed by atoms with Gasteiger partial charge >= 0.3 is 0 Å². The van der Waals surface area contributed by atoms with Crippen molar-refractivity contribution in [3.63, 3.8) is 0 Å². The Labute approximate surface area is 186 Å². The fraction of sp³-hybridized carbons (Fsp3) is 0.462. The van der Waals surface area contributed by atoms with Crippen LogP contribution in [-0.2, 0) is 22.6 Å². The zero-order chi connectivity index (χ0) is 22.6. The van der Waals surface area contributed by atoms with Gasteiger partial charge in [0.25, 0.3) is 0 Å². The molecule has 0 unspecified atom stereocenters. The SMILES string of the molecule is CCCCCNC(=O)[C@@H](Cc1ccccc1)N(Cc1ccc(OC)cc1)C(=O)C(C)C. The van der Waals surface area contributed by atoms with Crippen LogP contribution >= 0.6 is 0 Å². The molecule has 5 heteroatoms. The van der Waals surface area contributed by atoms with E-state index in [0.29, 0.717) is 19.5 Å². The Bertz CT molecular complexity index is 803. The number of ether oxygens (including phenoxy) is 1. The van der Waals surface area contributed by atoms with E-state index >= 15 is 0 Å². The van der Waals surface area contributed by atoms with Gasteiger partial charge < -0.3 is 15.0 Å². The molecule has 0 radical (unpaired) electrons. The third-order valence-corrected chi connectivity index (χ3v) is 5.32. The van der Waals surface area contributed by atoms with Crippen LogP contribution in [0.3, 0.4) is 0 Å². The predicted molar refractivity (Wildman–Crippen MR) is 125 cm³/mol. The van der Waals surface area contributed by atoms with Gasteiger partial charge in [0.1, 0.15) is 11.8 Å². The summed E-state index contributed by atoms with van der Waals surface area (Å²) in [5.41, 5.74) is 2.00. The van der Waals surface area contributed by atoms with Crippen LogP contribution in [0.15, 0.2) is 54.6 Å². The molecule has 0 aromatic heterocycles. The molecule has 5 nitrogen and oxygen atoms in total. The lowest BCUT2D eigenvalue weighted by atomic mass is 10.0. The van der Waals surface area contributed by atoms with Gasteiger partial charge in [-0.05, 0) is 29.7 Å². The molecule has 0 fully saturated rings. The van der Waals surface area contributed by atoms with E-state index in [1.165, 1.54) is 0 Å². The minimum absolute atomic E-state index is 0.0274. The number of nitrogens with one attached hydrogen (secondary N) is 1. The summed E-state index contributed by atoms with van der Waals surface area (Å²) in [6.07, 6.45) is 3.59. The summed E-state index contributed by atoms with van der Waals surface area (Å²) in [5, 5.41) is 3.06. The molecule has 0 aliphatic carbocycles. The van der Waals surface area contributed by atoms with Crippen molar-refractivity contribution in [3.8, 4) is 5.75 Å². The number of benzene rings is 2. The van der Waals surface area contributed by atoms with E-state index < -0.39 is 6.04 Å². The summed E-state index contributed by atoms with van der Waals surface area (Å²) in [6, 6.07) is 17.0. The van der Waals surface area contributed by atoms with Crippen LogP contribution in [0.1, 0.15) is 51.2 Å². The summed E-state index contributed by atoms with van der Waals surface area (Å²) in [7, 11) is 1.63. The average Bonchev–Trinajstić information content (AvgIpc) is 2.79. The van der Waals surface area contributed by atoms with Gasteiger partial charge in [0.05, 0.1) is 7.11 Å². The van der Waals surface area contributed by atoms with E-state index in [0.717, 1.165) is 36.1 Å². The van der Waals surface area contributed by atoms with Gasteiger partial charge in [0.15, 0.2) is 0 Å². The van der Waals surface area contributed by atoms with Crippen molar-refractivity contribution in [2.24, 2.45) is 5.92 Å². The van der Waals surface area contributed by atoms with Crippen LogP contribution < -0.4 is 10.1 Å². The number of hydrogen-bond donors (Lipinski definition) is 1. The molecule has 0 heterocycles. The minimum Gasteiger partial charge on any atom is -0.497 e. The lowest BCUT2D eigenvalue weighted by Gasteiger charge is -2.33. The highest BCUT2D eigenvalue weighted by atomic mass is 16.5. The molecule has 2 aromatic rings. The van der Waals surface area contributed by atoms with E-state index in [1.807, 2.05) is 68.4 Å². The van der Waals surface area contributed by atoms with E-state index in [2.05, 4.69) is 12.2 Å². The second kappa shape index (κ2) is 12.8. The Morgan fingerprint density at radius 2 is 1.65 bits per heavy atom. The van der Waals surface area contributed by atoms with Crippen molar-refractivity contribution < 1.29 is 14.3 Å². The first-order valence-electron chi connectivity index (χ1n) is 11.2. The monoisotopic (exact) mass is 424 g/mol. The number of hydrogen-bond acceptors (Lipinski definition) is 3. The number of carbonyl (C=O) groups is 2. The Morgan fingerprint density at radius 1 is 0.968 bits per heavy atom. The highest BCUT2D eigenvalue weighted by Gasteiger charge is 2.31. The maximum absolute atomic E-state index is 13.2. The van der Waals surface area contributed by atoms with Crippen molar-refractivity contribution in [2.75, 3.05) is 13.7 Å². The molecule has 0 saturated heterocycles. The predicted octanol–water partition coefficient (Wildman–Crippen LogP) is 4.60. The zero-order valence-electron chi connectivity index (χ0n) is 19.3. The van der Waals surface area contributed by atoms with Crippen molar-refractivity contribution in [1.29, 1.82) is 0 Å². The zero-order valence-corrected chi connectivity index (χ0v) is 19.3. The largest absolute Gasteiger partial charge is 0.497 e. The Kier molecular flexibility index (Phi) is 10.1. The summed E-state index contributed by atoms with van der Waals surface area (Å²) >= 11 is 0. The first-order valence-corrected chi connectivity index (χ1v) is 11.2. The molecule has 0 saturated carbocycles. The highest BCUT2D eigenvalue weighted by molar-refractivity contribution is 5.88. The van der Waals surface area contributed by atoms with Gasteiger partial charge in [-0.25, -0.2) is 0 Å². The van der Waals surface area contributed by atoms with Crippen molar-refractivity contribution in [1.82, 2.24) is 10.2 Å². The molecular weight excluding hydrogens is 388 g/mol. The highest BCUT2D eigenvalue weighted by Crippen LogP contribution is 2.19. The molecule has 2 amide bonds. The maximum atomic E-state index is 13.2. The van der Waals surface area contributed by atoms with Crippen LogP contribution in [0.4, 0.5) is 0 Å². The number of rotatable bonds is 12. The van der Waals surface area contributed by atoms with Crippen LogP contribution in [-0.4, -0.2) is 36.4 Å². The molecule has 1 atom stereocenters. The fourth-order valence-corrected chi connectivity index (χ4v) is 3.49. The molecule has 1 N–H and O–H groups in total. The van der Waals surface area contributed by atoms with E-state index in [9.17, 15) is 9.59 Å². The summed E-state index contributed by atoms with van der Waals surface area (Å²) < 4.78 is 5.24. The second-order valence-corrected chi connectivity index (χ2v) is 8.17. The molecule has 0 aliphatic heterocycles. The third kappa shape index (κ3) is 7.74. The molecule has 2 aromatic carbocycles. The van der Waals surface area contributed by atoms with Crippen LogP contribution in [0, 0.1) is 5.92 Å². The van der Waals surface area contributed by atoms with Gasteiger partial charge in [0.2, 0.25) is 11.8 Å². The number of methoxy groups -OCH3 is 1. The molecule has 31 heavy (non-hydrogen) atoms. The van der Waals surface area contributed by atoms with E-state index in [1.54, 1.807) is 12.0 Å². The summed E-state index contributed by atoms with van der Waals surface area (Å²) in [5.74, 6) is 0.437. The van der Waals surface area contributed by atoms with Gasteiger partial charge in [0, 0.05) is 25.4 Å². The Morgan fingerprint density at radius 3 is 2.23 bits per heavy atom. The van der Waals surface area contributed by atoms with Gasteiger partial charge in [-0.2, -0.15) is 0 Å². The molecule has 2 rings (SSSR count). The number of carbonyl (C=O) groups excluding carboxylic acids is 2. The Hall–Kier alpha value is -2.82. The maximum Gasteiger partial charge on any atom is 0.243 e. The van der Waals surface area contributed by atoms with Gasteiger partial charge in [-0.3, -0.25) is 9.59 Å². The molecule has 0 spiro atoms. The number of unbranched alkanes of at least 4 members (excludes halogenated alkanes) is 2. The first-order chi connectivity index (χ1) is 15.0. The Balaban J connectivity index is 2.30. The van der Waals surface area contributed by atoms with E-state index in [4.69, 9.17) is 4.74 Å². The topological polar surface area (TPSA) is 58.6 Å². The first kappa shape index (κ1) is 24.4. The minimum atomic E-state index is -0.568. The van der Waals surface area contributed by atoms with Gasteiger partial charge in [-0.15, -0.1) is 0 Å². The van der Waals surface area contributed by atoms with Crippen molar-refractivity contribution in [2.45, 2.75) is 59.0 Å². The normalized spacial score (nSPS) is 11.8. The van der Waals surface area contributed by atoms with Crippen molar-refractivity contribution >= 4 is 11.8 Å². The van der Waals surface area contributed by atoms with Crippen molar-refractivity contribution in [3.05, 3.63) is 65.7 Å². The standard InChI is InChI=1S/C26H36N2O3/c1-5-6-10-17-27-25(29)24(18-21-11-8-7-9-12-21)28(26(30)20(2)3)19-22-13-15-23(31-4)16-14-22/h7-9,11-16,20,24H,5-6,10,17-19H2,1-4H3,(H,27,29)/t24-/m1/s1. The fourth-order valence-electron chi connectivity index (χ4n) is 3.49. The summed E-state index contributed by atoms with van der Waals surface area (Å²) in [4.78, 5) is 28.2. The smallest absolute Gasteiger partial charge is 0.243 e. The summed E-state index contributed by atoms with van der Waals surface area (Å²) in [6.45, 7) is 6.90. The van der Waals surface area contributed by atoms with Crippen LogP contribution in [0.2, 0.25) is 0 Å². The average molecular weight is 425 g/mol. The van der Waals surface area contributed by atoms with E-state index in [-0.39, 0.29) is 17.7 Å². The molecule has 0 bridgehead atoms. The third-order valence-electron chi connectivity index (χ3n) is 5.32. The van der Waals surface area contributed by atoms with Crippen LogP contribution in [0.5, 0.6) is 5.75 Å². The lowest BCUT2D eigenvalue weighted by molar-refractivity contribution is -0.143. The van der Waals surface area contributed by atoms with Gasteiger partial charge in [-0.1, -0.05) is 76.1 Å². The quantitative estimate of drug-likeness (QED) is 0.507. The molecule has 0 aliphatic rings. The second-order valence-electron chi connectivity index (χ2n) is 8.17. The molecular formula is C26H36N2O3. The molecule has 168 valence electrons. The number of nitrogens with zero attached hydrogens (tertiary/aromatic N) is 1. The van der Waals surface area contributed by atoms with Crippen LogP contribution in [0.25, 0.3) is 0 Å². The lowest BCUT2D eigenvalue weighted by Crippen LogP contribution is -2.51.